The Labute approximate surface area is 188 Å². The van der Waals surface area contributed by atoms with Gasteiger partial charge < -0.3 is 18.7 Å². The molecular formula is C25H28N2O5. The van der Waals surface area contributed by atoms with E-state index in [2.05, 4.69) is 10.1 Å². The predicted octanol–water partition coefficient (Wildman–Crippen LogP) is 5.29. The van der Waals surface area contributed by atoms with Gasteiger partial charge in [-0.25, -0.2) is 9.78 Å². The number of methoxy groups -OCH3 is 1. The van der Waals surface area contributed by atoms with E-state index < -0.39 is 5.97 Å². The Morgan fingerprint density at radius 3 is 2.50 bits per heavy atom. The number of ether oxygens (including phenoxy) is 2. The van der Waals surface area contributed by atoms with Crippen molar-refractivity contribution in [1.29, 1.82) is 0 Å². The Balaban J connectivity index is 1.66. The van der Waals surface area contributed by atoms with Gasteiger partial charge in [-0.3, -0.25) is 0 Å². The lowest BCUT2D eigenvalue weighted by Gasteiger charge is -2.14. The third-order valence-electron chi connectivity index (χ3n) is 4.93. The number of nitrogens with zero attached hydrogens (tertiary/aromatic N) is 2. The lowest BCUT2D eigenvalue weighted by Crippen LogP contribution is -2.22. The van der Waals surface area contributed by atoms with Crippen LogP contribution in [0.2, 0.25) is 0 Å². The van der Waals surface area contributed by atoms with Crippen molar-refractivity contribution in [3.8, 4) is 17.2 Å². The highest BCUT2D eigenvalue weighted by molar-refractivity contribution is 6.38. The molecule has 3 aromatic rings. The molecule has 3 rings (SSSR count). The van der Waals surface area contributed by atoms with Crippen LogP contribution in [0.3, 0.4) is 0 Å². The normalized spacial score (nSPS) is 12.3. The van der Waals surface area contributed by atoms with Crippen LogP contribution in [0.1, 0.15) is 43.2 Å². The number of hydrogen-bond donors (Lipinski definition) is 0. The molecular weight excluding hydrogens is 408 g/mol. The Morgan fingerprint density at radius 2 is 1.84 bits per heavy atom. The predicted molar refractivity (Wildman–Crippen MR) is 122 cm³/mol. The van der Waals surface area contributed by atoms with Crippen LogP contribution < -0.4 is 4.74 Å². The van der Waals surface area contributed by atoms with Crippen LogP contribution >= 0.6 is 0 Å². The minimum atomic E-state index is -0.510. The van der Waals surface area contributed by atoms with E-state index in [1.165, 1.54) is 7.11 Å². The van der Waals surface area contributed by atoms with Crippen LogP contribution in [0.15, 0.2) is 64.2 Å². The average Bonchev–Trinajstić information content (AvgIpc) is 3.21. The fourth-order valence-electron chi connectivity index (χ4n) is 3.03. The number of aromatic nitrogens is 1. The van der Waals surface area contributed by atoms with Gasteiger partial charge >= 0.3 is 5.97 Å². The third kappa shape index (κ3) is 5.75. The van der Waals surface area contributed by atoms with E-state index in [0.29, 0.717) is 18.2 Å². The number of oxime groups is 1. The fraction of sp³-hybridized carbons (Fsp3) is 0.320. The number of esters is 1. The minimum Gasteiger partial charge on any atom is -0.487 e. The van der Waals surface area contributed by atoms with Crippen LogP contribution in [0, 0.1) is 6.92 Å². The molecule has 0 saturated carbocycles. The summed E-state index contributed by atoms with van der Waals surface area (Å²) in [6.45, 7) is 6.45. The maximum Gasteiger partial charge on any atom is 0.356 e. The largest absolute Gasteiger partial charge is 0.487 e. The van der Waals surface area contributed by atoms with E-state index in [0.717, 1.165) is 29.0 Å². The van der Waals surface area contributed by atoms with Gasteiger partial charge in [-0.2, -0.15) is 0 Å². The lowest BCUT2D eigenvalue weighted by atomic mass is 9.96. The summed E-state index contributed by atoms with van der Waals surface area (Å²) >= 11 is 0. The summed E-state index contributed by atoms with van der Waals surface area (Å²) in [6.07, 6.45) is 0.802. The highest BCUT2D eigenvalue weighted by Gasteiger charge is 2.22. The molecule has 0 aliphatic rings. The molecule has 1 unspecified atom stereocenters. The first kappa shape index (κ1) is 23.1. The van der Waals surface area contributed by atoms with Gasteiger partial charge in [-0.05, 0) is 43.2 Å². The van der Waals surface area contributed by atoms with Crippen LogP contribution in [0.5, 0.6) is 5.75 Å². The molecule has 32 heavy (non-hydrogen) atoms. The number of oxazole rings is 1. The van der Waals surface area contributed by atoms with Crippen molar-refractivity contribution in [1.82, 2.24) is 4.98 Å². The molecule has 168 valence electrons. The SMILES string of the molecule is CCCON=C(C(=O)OC)C(C)c1ccc(OCc2nc(-c3ccccc3)oc2C)cc1. The summed E-state index contributed by atoms with van der Waals surface area (Å²) in [7, 11) is 1.33. The zero-order valence-electron chi connectivity index (χ0n) is 18.8. The molecule has 0 aliphatic heterocycles. The molecule has 0 amide bonds. The van der Waals surface area contributed by atoms with Crippen molar-refractivity contribution < 1.29 is 23.5 Å². The molecule has 0 saturated heterocycles. The van der Waals surface area contributed by atoms with Gasteiger partial charge in [-0.15, -0.1) is 0 Å². The Hall–Kier alpha value is -3.61. The Morgan fingerprint density at radius 1 is 1.12 bits per heavy atom. The maximum atomic E-state index is 12.1. The van der Waals surface area contributed by atoms with E-state index in [-0.39, 0.29) is 18.2 Å². The molecule has 7 nitrogen and oxygen atoms in total. The van der Waals surface area contributed by atoms with Crippen LogP contribution in [-0.4, -0.2) is 30.4 Å². The smallest absolute Gasteiger partial charge is 0.356 e. The molecule has 0 fully saturated rings. The highest BCUT2D eigenvalue weighted by atomic mass is 16.6. The van der Waals surface area contributed by atoms with E-state index in [9.17, 15) is 4.79 Å². The molecule has 0 spiro atoms. The monoisotopic (exact) mass is 436 g/mol. The van der Waals surface area contributed by atoms with E-state index in [4.69, 9.17) is 18.7 Å². The number of rotatable bonds is 10. The Kier molecular flexibility index (Phi) is 8.02. The van der Waals surface area contributed by atoms with Gasteiger partial charge in [0.15, 0.2) is 5.71 Å². The topological polar surface area (TPSA) is 83.2 Å². The van der Waals surface area contributed by atoms with Gasteiger partial charge in [0.1, 0.15) is 30.4 Å². The van der Waals surface area contributed by atoms with Crippen molar-refractivity contribution >= 4 is 11.7 Å². The molecule has 0 bridgehead atoms. The number of hydrogen-bond acceptors (Lipinski definition) is 7. The standard InChI is InChI=1S/C25H28N2O5/c1-5-15-31-27-23(25(28)29-4)17(2)19-11-13-21(14-12-19)30-16-22-18(3)32-24(26-22)20-9-7-6-8-10-20/h6-14,17H,5,15-16H2,1-4H3. The second-order valence-electron chi connectivity index (χ2n) is 7.27. The van der Waals surface area contributed by atoms with Crippen molar-refractivity contribution in [3.05, 3.63) is 71.6 Å². The second-order valence-corrected chi connectivity index (χ2v) is 7.27. The Bertz CT molecular complexity index is 1040. The third-order valence-corrected chi connectivity index (χ3v) is 4.93. The van der Waals surface area contributed by atoms with Gasteiger partial charge in [0, 0.05) is 11.5 Å². The molecule has 7 heteroatoms. The maximum absolute atomic E-state index is 12.1. The number of carbonyl (C=O) groups excluding carboxylic acids is 1. The van der Waals surface area contributed by atoms with Crippen molar-refractivity contribution in [2.75, 3.05) is 13.7 Å². The molecule has 1 aromatic heterocycles. The zero-order chi connectivity index (χ0) is 22.9. The lowest BCUT2D eigenvalue weighted by molar-refractivity contribution is -0.133. The van der Waals surface area contributed by atoms with E-state index >= 15 is 0 Å². The molecule has 0 radical (unpaired) electrons. The van der Waals surface area contributed by atoms with Gasteiger partial charge in [0.2, 0.25) is 5.89 Å². The van der Waals surface area contributed by atoms with E-state index in [1.807, 2.05) is 75.4 Å². The summed E-state index contributed by atoms with van der Waals surface area (Å²) in [5, 5.41) is 3.99. The molecule has 1 heterocycles. The highest BCUT2D eigenvalue weighted by Crippen LogP contribution is 2.24. The quantitative estimate of drug-likeness (QED) is 0.186. The number of benzene rings is 2. The summed E-state index contributed by atoms with van der Waals surface area (Å²) in [5.41, 5.74) is 2.78. The summed E-state index contributed by atoms with van der Waals surface area (Å²) in [5.74, 6) is 1.18. The zero-order valence-corrected chi connectivity index (χ0v) is 18.8. The van der Waals surface area contributed by atoms with Crippen LogP contribution in [-0.2, 0) is 21.0 Å². The molecule has 2 aromatic carbocycles. The van der Waals surface area contributed by atoms with Gasteiger partial charge in [0.25, 0.3) is 0 Å². The van der Waals surface area contributed by atoms with Crippen LogP contribution in [0.4, 0.5) is 0 Å². The fourth-order valence-corrected chi connectivity index (χ4v) is 3.03. The summed E-state index contributed by atoms with van der Waals surface area (Å²) < 4.78 is 16.5. The first-order valence-electron chi connectivity index (χ1n) is 10.6. The first-order valence-corrected chi connectivity index (χ1v) is 10.6. The minimum absolute atomic E-state index is 0.223. The summed E-state index contributed by atoms with van der Waals surface area (Å²) in [6, 6.07) is 17.2. The number of carbonyl (C=O) groups is 1. The van der Waals surface area contributed by atoms with Gasteiger partial charge in [0.05, 0.1) is 7.11 Å². The van der Waals surface area contributed by atoms with Crippen molar-refractivity contribution in [2.24, 2.45) is 5.16 Å². The molecule has 0 aliphatic carbocycles. The average molecular weight is 437 g/mol. The molecule has 1 atom stereocenters. The summed E-state index contributed by atoms with van der Waals surface area (Å²) in [4.78, 5) is 21.9. The number of aryl methyl sites for hydroxylation is 1. The molecule has 0 N–H and O–H groups in total. The van der Waals surface area contributed by atoms with Crippen molar-refractivity contribution in [3.63, 3.8) is 0 Å². The first-order chi connectivity index (χ1) is 15.5. The van der Waals surface area contributed by atoms with Gasteiger partial charge in [-0.1, -0.05) is 49.3 Å². The van der Waals surface area contributed by atoms with Crippen LogP contribution in [0.25, 0.3) is 11.5 Å². The second kappa shape index (κ2) is 11.1. The van der Waals surface area contributed by atoms with Crippen molar-refractivity contribution in [2.45, 2.75) is 39.7 Å². The van der Waals surface area contributed by atoms with E-state index in [1.54, 1.807) is 0 Å².